The standard InChI is InChI=1S/C21H26ClN3O3S/c1-23(29(27,28)20-9-3-2-4-10-20)12-6-11-21(26)25-15-13-24(14-16-25)19-8-5-7-18(22)17-19/h2-5,7-10,17H,6,11-16H2,1H3. The van der Waals surface area contributed by atoms with Gasteiger partial charge in [-0.15, -0.1) is 0 Å². The highest BCUT2D eigenvalue weighted by molar-refractivity contribution is 7.89. The van der Waals surface area contributed by atoms with E-state index in [-0.39, 0.29) is 10.8 Å². The van der Waals surface area contributed by atoms with Crippen molar-refractivity contribution in [1.29, 1.82) is 0 Å². The third-order valence-electron chi connectivity index (χ3n) is 5.12. The Bertz CT molecular complexity index is 929. The zero-order chi connectivity index (χ0) is 20.9. The number of carbonyl (C=O) groups is 1. The Hall–Kier alpha value is -2.09. The molecule has 0 bridgehead atoms. The average molecular weight is 436 g/mol. The number of hydrogen-bond donors (Lipinski definition) is 0. The normalized spacial score (nSPS) is 15.0. The van der Waals surface area contributed by atoms with Crippen LogP contribution in [0.25, 0.3) is 0 Å². The van der Waals surface area contributed by atoms with Crippen molar-refractivity contribution in [1.82, 2.24) is 9.21 Å². The Morgan fingerprint density at radius 1 is 1.03 bits per heavy atom. The third kappa shape index (κ3) is 5.50. The van der Waals surface area contributed by atoms with Crippen molar-refractivity contribution in [2.24, 2.45) is 0 Å². The molecule has 2 aromatic carbocycles. The zero-order valence-electron chi connectivity index (χ0n) is 16.5. The Morgan fingerprint density at radius 3 is 2.38 bits per heavy atom. The fourth-order valence-electron chi connectivity index (χ4n) is 3.39. The van der Waals surface area contributed by atoms with E-state index in [0.717, 1.165) is 18.8 Å². The van der Waals surface area contributed by atoms with Crippen LogP contribution in [0.3, 0.4) is 0 Å². The lowest BCUT2D eigenvalue weighted by Crippen LogP contribution is -2.48. The average Bonchev–Trinajstić information content (AvgIpc) is 2.74. The number of halogens is 1. The summed E-state index contributed by atoms with van der Waals surface area (Å²) in [6.45, 7) is 3.14. The molecule has 156 valence electrons. The number of rotatable bonds is 7. The van der Waals surface area contributed by atoms with Crippen molar-refractivity contribution in [3.63, 3.8) is 0 Å². The topological polar surface area (TPSA) is 60.9 Å². The summed E-state index contributed by atoms with van der Waals surface area (Å²) in [5, 5.41) is 0.704. The van der Waals surface area contributed by atoms with E-state index in [1.807, 2.05) is 29.2 Å². The second-order valence-electron chi connectivity index (χ2n) is 7.09. The highest BCUT2D eigenvalue weighted by Crippen LogP contribution is 2.21. The van der Waals surface area contributed by atoms with Crippen molar-refractivity contribution in [3.8, 4) is 0 Å². The van der Waals surface area contributed by atoms with Gasteiger partial charge in [0.1, 0.15) is 0 Å². The van der Waals surface area contributed by atoms with Gasteiger partial charge in [-0.1, -0.05) is 35.9 Å². The minimum atomic E-state index is -3.51. The lowest BCUT2D eigenvalue weighted by molar-refractivity contribution is -0.131. The van der Waals surface area contributed by atoms with E-state index in [1.165, 1.54) is 4.31 Å². The van der Waals surface area contributed by atoms with Crippen LogP contribution < -0.4 is 4.90 Å². The number of amides is 1. The van der Waals surface area contributed by atoms with E-state index in [1.54, 1.807) is 37.4 Å². The highest BCUT2D eigenvalue weighted by atomic mass is 35.5. The van der Waals surface area contributed by atoms with Crippen molar-refractivity contribution < 1.29 is 13.2 Å². The van der Waals surface area contributed by atoms with E-state index >= 15 is 0 Å². The lowest BCUT2D eigenvalue weighted by atomic mass is 10.2. The fraction of sp³-hybridized carbons (Fsp3) is 0.381. The van der Waals surface area contributed by atoms with Gasteiger partial charge in [0, 0.05) is 56.9 Å². The summed E-state index contributed by atoms with van der Waals surface area (Å²) in [7, 11) is -1.96. The summed E-state index contributed by atoms with van der Waals surface area (Å²) in [5.41, 5.74) is 1.07. The van der Waals surface area contributed by atoms with Crippen molar-refractivity contribution in [2.75, 3.05) is 44.7 Å². The molecule has 1 amide bonds. The molecule has 0 aliphatic carbocycles. The molecular formula is C21H26ClN3O3S. The molecular weight excluding hydrogens is 410 g/mol. The van der Waals surface area contributed by atoms with Crippen LogP contribution in [0.2, 0.25) is 5.02 Å². The minimum absolute atomic E-state index is 0.0706. The smallest absolute Gasteiger partial charge is 0.242 e. The second kappa shape index (κ2) is 9.61. The van der Waals surface area contributed by atoms with Crippen LogP contribution in [0, 0.1) is 0 Å². The van der Waals surface area contributed by atoms with E-state index in [0.29, 0.717) is 37.5 Å². The maximum Gasteiger partial charge on any atom is 0.242 e. The number of nitrogens with zero attached hydrogens (tertiary/aromatic N) is 3. The summed E-state index contributed by atoms with van der Waals surface area (Å²) >= 11 is 6.06. The fourth-order valence-corrected chi connectivity index (χ4v) is 4.81. The quantitative estimate of drug-likeness (QED) is 0.670. The monoisotopic (exact) mass is 435 g/mol. The van der Waals surface area contributed by atoms with Crippen LogP contribution >= 0.6 is 11.6 Å². The number of carbonyl (C=O) groups excluding carboxylic acids is 1. The Kier molecular flexibility index (Phi) is 7.16. The number of benzene rings is 2. The van der Waals surface area contributed by atoms with Crippen LogP contribution in [0.1, 0.15) is 12.8 Å². The molecule has 29 heavy (non-hydrogen) atoms. The van der Waals surface area contributed by atoms with E-state index < -0.39 is 10.0 Å². The third-order valence-corrected chi connectivity index (χ3v) is 7.23. The lowest BCUT2D eigenvalue weighted by Gasteiger charge is -2.36. The van der Waals surface area contributed by atoms with Crippen LogP contribution in [0.15, 0.2) is 59.5 Å². The number of hydrogen-bond acceptors (Lipinski definition) is 4. The molecule has 0 unspecified atom stereocenters. The molecule has 1 aliphatic heterocycles. The molecule has 0 radical (unpaired) electrons. The van der Waals surface area contributed by atoms with Gasteiger partial charge >= 0.3 is 0 Å². The number of anilines is 1. The van der Waals surface area contributed by atoms with Gasteiger partial charge in [-0.3, -0.25) is 4.79 Å². The maximum atomic E-state index is 12.5. The summed E-state index contributed by atoms with van der Waals surface area (Å²) in [6.07, 6.45) is 0.835. The molecule has 1 heterocycles. The first-order valence-corrected chi connectivity index (χ1v) is 11.5. The molecule has 6 nitrogen and oxygen atoms in total. The summed E-state index contributed by atoms with van der Waals surface area (Å²) in [4.78, 5) is 16.9. The first-order chi connectivity index (χ1) is 13.9. The predicted octanol–water partition coefficient (Wildman–Crippen LogP) is 3.09. The molecule has 0 spiro atoms. The predicted molar refractivity (Wildman–Crippen MR) is 116 cm³/mol. The Morgan fingerprint density at radius 2 is 1.72 bits per heavy atom. The van der Waals surface area contributed by atoms with Crippen molar-refractivity contribution in [3.05, 3.63) is 59.6 Å². The first-order valence-electron chi connectivity index (χ1n) is 9.67. The van der Waals surface area contributed by atoms with Crippen LogP contribution in [-0.2, 0) is 14.8 Å². The summed E-state index contributed by atoms with van der Waals surface area (Å²) < 4.78 is 26.4. The minimum Gasteiger partial charge on any atom is -0.368 e. The SMILES string of the molecule is CN(CCCC(=O)N1CCN(c2cccc(Cl)c2)CC1)S(=O)(=O)c1ccccc1. The van der Waals surface area contributed by atoms with Gasteiger partial charge < -0.3 is 9.80 Å². The van der Waals surface area contributed by atoms with Gasteiger partial charge in [-0.2, -0.15) is 0 Å². The Balaban J connectivity index is 1.44. The molecule has 0 aromatic heterocycles. The summed E-state index contributed by atoms with van der Waals surface area (Å²) in [6, 6.07) is 16.1. The molecule has 2 aromatic rings. The number of piperazine rings is 1. The molecule has 1 fully saturated rings. The Labute approximate surface area is 177 Å². The molecule has 0 atom stereocenters. The van der Waals surface area contributed by atoms with Gasteiger partial charge in [-0.05, 0) is 36.8 Å². The number of sulfonamides is 1. The molecule has 0 saturated carbocycles. The largest absolute Gasteiger partial charge is 0.368 e. The summed E-state index contributed by atoms with van der Waals surface area (Å²) in [5.74, 6) is 0.0706. The first kappa shape index (κ1) is 21.6. The van der Waals surface area contributed by atoms with Crippen molar-refractivity contribution >= 4 is 33.2 Å². The van der Waals surface area contributed by atoms with E-state index in [4.69, 9.17) is 11.6 Å². The van der Waals surface area contributed by atoms with Crippen LogP contribution in [0.5, 0.6) is 0 Å². The van der Waals surface area contributed by atoms with Gasteiger partial charge in [0.15, 0.2) is 0 Å². The van der Waals surface area contributed by atoms with Crippen LogP contribution in [0.4, 0.5) is 5.69 Å². The molecule has 3 rings (SSSR count). The van der Waals surface area contributed by atoms with Gasteiger partial charge in [-0.25, -0.2) is 12.7 Å². The zero-order valence-corrected chi connectivity index (χ0v) is 18.1. The highest BCUT2D eigenvalue weighted by Gasteiger charge is 2.23. The second-order valence-corrected chi connectivity index (χ2v) is 9.57. The van der Waals surface area contributed by atoms with E-state index in [9.17, 15) is 13.2 Å². The van der Waals surface area contributed by atoms with E-state index in [2.05, 4.69) is 4.90 Å². The van der Waals surface area contributed by atoms with Gasteiger partial charge in [0.25, 0.3) is 0 Å². The molecule has 1 aliphatic rings. The van der Waals surface area contributed by atoms with Gasteiger partial charge in [0.2, 0.25) is 15.9 Å². The maximum absolute atomic E-state index is 12.5. The molecule has 1 saturated heterocycles. The molecule has 0 N–H and O–H groups in total. The molecule has 8 heteroatoms. The van der Waals surface area contributed by atoms with Crippen LogP contribution in [-0.4, -0.2) is 63.3 Å². The van der Waals surface area contributed by atoms with Crippen molar-refractivity contribution in [2.45, 2.75) is 17.7 Å². The van der Waals surface area contributed by atoms with Gasteiger partial charge in [0.05, 0.1) is 4.90 Å².